The molecular weight excluding hydrogens is 334 g/mol. The number of hydrogen-bond donors (Lipinski definition) is 0. The SMILES string of the molecule is c1ccc(-c2cccc(COC3OCc4cc5ccccc5nc43)c2)cc1. The number of aromatic nitrogens is 1. The summed E-state index contributed by atoms with van der Waals surface area (Å²) in [4.78, 5) is 4.76. The zero-order valence-electron chi connectivity index (χ0n) is 14.8. The molecule has 0 amide bonds. The van der Waals surface area contributed by atoms with Gasteiger partial charge in [0.1, 0.15) is 5.69 Å². The van der Waals surface area contributed by atoms with Gasteiger partial charge in [-0.05, 0) is 34.9 Å². The third-order valence-electron chi connectivity index (χ3n) is 4.89. The van der Waals surface area contributed by atoms with Crippen LogP contribution in [0.3, 0.4) is 0 Å². The van der Waals surface area contributed by atoms with Gasteiger partial charge in [-0.25, -0.2) is 4.98 Å². The number of pyridine rings is 1. The average Bonchev–Trinajstić information content (AvgIpc) is 3.13. The molecule has 3 heteroatoms. The summed E-state index contributed by atoms with van der Waals surface area (Å²) >= 11 is 0. The molecule has 0 saturated heterocycles. The Morgan fingerprint density at radius 2 is 1.67 bits per heavy atom. The lowest BCUT2D eigenvalue weighted by atomic mass is 10.0. The van der Waals surface area contributed by atoms with Crippen molar-refractivity contribution in [1.82, 2.24) is 4.98 Å². The lowest BCUT2D eigenvalue weighted by Gasteiger charge is -2.13. The summed E-state index contributed by atoms with van der Waals surface area (Å²) in [5.41, 5.74) is 6.49. The third-order valence-corrected chi connectivity index (χ3v) is 4.89. The number of ether oxygens (including phenoxy) is 2. The molecule has 5 rings (SSSR count). The Morgan fingerprint density at radius 1 is 0.852 bits per heavy atom. The molecule has 0 fully saturated rings. The number of hydrogen-bond acceptors (Lipinski definition) is 3. The smallest absolute Gasteiger partial charge is 0.202 e. The van der Waals surface area contributed by atoms with Gasteiger partial charge in [0.25, 0.3) is 0 Å². The molecule has 1 aliphatic heterocycles. The van der Waals surface area contributed by atoms with Gasteiger partial charge in [0.15, 0.2) is 0 Å². The van der Waals surface area contributed by atoms with Gasteiger partial charge in [0.05, 0.1) is 18.7 Å². The number of rotatable bonds is 4. The molecule has 0 spiro atoms. The van der Waals surface area contributed by atoms with Gasteiger partial charge in [0.2, 0.25) is 6.29 Å². The van der Waals surface area contributed by atoms with E-state index in [1.807, 2.05) is 24.3 Å². The van der Waals surface area contributed by atoms with Gasteiger partial charge >= 0.3 is 0 Å². The number of nitrogens with zero attached hydrogens (tertiary/aromatic N) is 1. The van der Waals surface area contributed by atoms with E-state index in [0.717, 1.165) is 27.7 Å². The minimum Gasteiger partial charge on any atom is -0.342 e. The van der Waals surface area contributed by atoms with E-state index < -0.39 is 6.29 Å². The molecule has 3 nitrogen and oxygen atoms in total. The van der Waals surface area contributed by atoms with Crippen molar-refractivity contribution in [3.05, 3.63) is 102 Å². The molecule has 1 unspecified atom stereocenters. The number of benzene rings is 3. The van der Waals surface area contributed by atoms with Gasteiger partial charge in [-0.3, -0.25) is 0 Å². The van der Waals surface area contributed by atoms with Crippen molar-refractivity contribution in [2.45, 2.75) is 19.5 Å². The molecule has 0 radical (unpaired) electrons. The van der Waals surface area contributed by atoms with Gasteiger partial charge in [-0.2, -0.15) is 0 Å². The summed E-state index contributed by atoms with van der Waals surface area (Å²) in [6.07, 6.45) is -0.412. The Bertz CT molecular complexity index is 1090. The van der Waals surface area contributed by atoms with Crippen LogP contribution in [0.25, 0.3) is 22.0 Å². The molecule has 0 N–H and O–H groups in total. The Kier molecular flexibility index (Phi) is 4.17. The van der Waals surface area contributed by atoms with Crippen LogP contribution in [0.1, 0.15) is 23.1 Å². The molecule has 3 aromatic carbocycles. The summed E-state index contributed by atoms with van der Waals surface area (Å²) < 4.78 is 11.9. The van der Waals surface area contributed by atoms with Crippen LogP contribution < -0.4 is 0 Å². The first-order valence-corrected chi connectivity index (χ1v) is 9.13. The second kappa shape index (κ2) is 6.95. The van der Waals surface area contributed by atoms with E-state index in [-0.39, 0.29) is 0 Å². The predicted octanol–water partition coefficient (Wildman–Crippen LogP) is 5.65. The first-order chi connectivity index (χ1) is 13.4. The summed E-state index contributed by atoms with van der Waals surface area (Å²) in [5.74, 6) is 0. The van der Waals surface area contributed by atoms with Crippen molar-refractivity contribution in [3.63, 3.8) is 0 Å². The molecule has 0 aliphatic carbocycles. The topological polar surface area (TPSA) is 31.4 Å². The van der Waals surface area contributed by atoms with E-state index in [0.29, 0.717) is 13.2 Å². The van der Waals surface area contributed by atoms with Gasteiger partial charge in [-0.1, -0.05) is 66.7 Å². The van der Waals surface area contributed by atoms with Gasteiger partial charge in [-0.15, -0.1) is 0 Å². The minimum absolute atomic E-state index is 0.412. The van der Waals surface area contributed by atoms with E-state index in [1.165, 1.54) is 11.1 Å². The fourth-order valence-electron chi connectivity index (χ4n) is 3.51. The van der Waals surface area contributed by atoms with Crippen molar-refractivity contribution < 1.29 is 9.47 Å². The maximum absolute atomic E-state index is 6.07. The van der Waals surface area contributed by atoms with Crippen LogP contribution in [0, 0.1) is 0 Å². The predicted molar refractivity (Wildman–Crippen MR) is 106 cm³/mol. The quantitative estimate of drug-likeness (QED) is 0.475. The summed E-state index contributed by atoms with van der Waals surface area (Å²) in [7, 11) is 0. The highest BCUT2D eigenvalue weighted by atomic mass is 16.7. The van der Waals surface area contributed by atoms with Crippen LogP contribution in [0.2, 0.25) is 0 Å². The van der Waals surface area contributed by atoms with Crippen molar-refractivity contribution in [1.29, 1.82) is 0 Å². The van der Waals surface area contributed by atoms with Crippen LogP contribution in [-0.2, 0) is 22.7 Å². The Balaban J connectivity index is 1.36. The lowest BCUT2D eigenvalue weighted by Crippen LogP contribution is -2.04. The normalized spacial score (nSPS) is 15.8. The molecular formula is C24H19NO2. The molecule has 1 atom stereocenters. The molecule has 1 aromatic heterocycles. The maximum atomic E-state index is 6.07. The summed E-state index contributed by atoms with van der Waals surface area (Å²) in [6.45, 7) is 1.03. The third kappa shape index (κ3) is 3.23. The van der Waals surface area contributed by atoms with E-state index >= 15 is 0 Å². The van der Waals surface area contributed by atoms with Crippen molar-refractivity contribution >= 4 is 10.9 Å². The largest absolute Gasteiger partial charge is 0.342 e. The highest BCUT2D eigenvalue weighted by Crippen LogP contribution is 2.33. The van der Waals surface area contributed by atoms with Crippen LogP contribution in [-0.4, -0.2) is 4.98 Å². The Labute approximate surface area is 158 Å². The summed E-state index contributed by atoms with van der Waals surface area (Å²) in [6, 6.07) is 29.1. The molecule has 0 saturated carbocycles. The van der Waals surface area contributed by atoms with E-state index in [9.17, 15) is 0 Å². The van der Waals surface area contributed by atoms with E-state index in [1.54, 1.807) is 0 Å². The first kappa shape index (κ1) is 16.2. The molecule has 1 aliphatic rings. The van der Waals surface area contributed by atoms with E-state index in [4.69, 9.17) is 14.5 Å². The summed E-state index contributed by atoms with van der Waals surface area (Å²) in [5, 5.41) is 1.14. The fourth-order valence-corrected chi connectivity index (χ4v) is 3.51. The van der Waals surface area contributed by atoms with E-state index in [2.05, 4.69) is 60.7 Å². The van der Waals surface area contributed by atoms with Crippen LogP contribution in [0.4, 0.5) is 0 Å². The molecule has 0 bridgehead atoms. The van der Waals surface area contributed by atoms with Crippen molar-refractivity contribution in [2.24, 2.45) is 0 Å². The monoisotopic (exact) mass is 353 g/mol. The van der Waals surface area contributed by atoms with Crippen LogP contribution in [0.15, 0.2) is 84.9 Å². The standard InChI is InChI=1S/C24H19NO2/c1-2-8-18(9-3-1)19-11-6-7-17(13-19)15-26-24-23-21(16-27-24)14-20-10-4-5-12-22(20)25-23/h1-14,24H,15-16H2. The highest BCUT2D eigenvalue weighted by Gasteiger charge is 2.26. The lowest BCUT2D eigenvalue weighted by molar-refractivity contribution is -0.147. The molecule has 2 heterocycles. The number of fused-ring (bicyclic) bond motifs is 2. The average molecular weight is 353 g/mol. The molecule has 132 valence electrons. The molecule has 27 heavy (non-hydrogen) atoms. The second-order valence-corrected chi connectivity index (χ2v) is 6.75. The highest BCUT2D eigenvalue weighted by molar-refractivity contribution is 5.79. The zero-order valence-corrected chi connectivity index (χ0v) is 14.8. The van der Waals surface area contributed by atoms with Crippen molar-refractivity contribution in [2.75, 3.05) is 0 Å². The second-order valence-electron chi connectivity index (χ2n) is 6.75. The van der Waals surface area contributed by atoms with Gasteiger partial charge in [0, 0.05) is 10.9 Å². The van der Waals surface area contributed by atoms with Crippen LogP contribution >= 0.6 is 0 Å². The zero-order chi connectivity index (χ0) is 18.1. The minimum atomic E-state index is -0.412. The Morgan fingerprint density at radius 3 is 2.59 bits per heavy atom. The number of para-hydroxylation sites is 1. The van der Waals surface area contributed by atoms with Crippen LogP contribution in [0.5, 0.6) is 0 Å². The first-order valence-electron chi connectivity index (χ1n) is 9.13. The fraction of sp³-hybridized carbons (Fsp3) is 0.125. The maximum Gasteiger partial charge on any atom is 0.202 e. The Hall–Kier alpha value is -3.01. The molecule has 4 aromatic rings. The van der Waals surface area contributed by atoms with Crippen molar-refractivity contribution in [3.8, 4) is 11.1 Å². The van der Waals surface area contributed by atoms with Gasteiger partial charge < -0.3 is 9.47 Å².